The molecule has 0 saturated heterocycles. The Kier molecular flexibility index (Phi) is 5.39. The van der Waals surface area contributed by atoms with Gasteiger partial charge >= 0.3 is 6.03 Å². The summed E-state index contributed by atoms with van der Waals surface area (Å²) >= 11 is 0. The second-order valence-electron chi connectivity index (χ2n) is 5.90. The molecule has 1 aromatic carbocycles. The van der Waals surface area contributed by atoms with Crippen LogP contribution in [-0.2, 0) is 7.05 Å². The number of nitrogens with one attached hydrogen (secondary N) is 2. The number of aryl methyl sites for hydroxylation is 1. The van der Waals surface area contributed by atoms with E-state index in [-0.39, 0.29) is 12.6 Å². The molecule has 2 rings (SSSR count). The minimum atomic E-state index is -0.437. The van der Waals surface area contributed by atoms with Gasteiger partial charge in [0.2, 0.25) is 0 Å². The van der Waals surface area contributed by atoms with Crippen molar-refractivity contribution < 1.29 is 9.90 Å². The minimum Gasteiger partial charge on any atom is -0.396 e. The van der Waals surface area contributed by atoms with Gasteiger partial charge in [0.1, 0.15) is 5.69 Å². The number of anilines is 1. The van der Waals surface area contributed by atoms with Crippen molar-refractivity contribution in [3.63, 3.8) is 0 Å². The summed E-state index contributed by atoms with van der Waals surface area (Å²) in [5.74, 6) is 0. The molecule has 23 heavy (non-hydrogen) atoms. The highest BCUT2D eigenvalue weighted by atomic mass is 16.3. The number of aliphatic hydroxyl groups excluding tert-OH is 1. The Morgan fingerprint density at radius 1 is 1.35 bits per heavy atom. The third kappa shape index (κ3) is 4.32. The van der Waals surface area contributed by atoms with Crippen molar-refractivity contribution in [1.29, 1.82) is 0 Å². The fourth-order valence-corrected chi connectivity index (χ4v) is 2.39. The van der Waals surface area contributed by atoms with Gasteiger partial charge in [-0.3, -0.25) is 4.68 Å². The number of carbonyl (C=O) groups excluding carboxylic acids is 1. The Balaban J connectivity index is 2.16. The monoisotopic (exact) mass is 316 g/mol. The lowest BCUT2D eigenvalue weighted by molar-refractivity contribution is 0.208. The predicted octanol–water partition coefficient (Wildman–Crippen LogP) is 2.76. The van der Waals surface area contributed by atoms with Crippen molar-refractivity contribution in [2.75, 3.05) is 11.9 Å². The van der Waals surface area contributed by atoms with E-state index in [9.17, 15) is 4.79 Å². The number of aliphatic hydroxyl groups is 1. The second kappa shape index (κ2) is 7.28. The third-order valence-electron chi connectivity index (χ3n) is 3.98. The van der Waals surface area contributed by atoms with Gasteiger partial charge in [0.25, 0.3) is 0 Å². The number of nitrogens with zero attached hydrogens (tertiary/aromatic N) is 2. The SMILES string of the molecule is CCC(C)(CCO)NC(=O)Nc1cn(C)nc1-c1ccccc1. The Hall–Kier alpha value is -2.34. The quantitative estimate of drug-likeness (QED) is 0.766. The fraction of sp³-hybridized carbons (Fsp3) is 0.412. The number of carbonyl (C=O) groups is 1. The van der Waals surface area contributed by atoms with E-state index in [1.165, 1.54) is 0 Å². The summed E-state index contributed by atoms with van der Waals surface area (Å²) in [6.45, 7) is 3.94. The van der Waals surface area contributed by atoms with Gasteiger partial charge in [0, 0.05) is 31.0 Å². The summed E-state index contributed by atoms with van der Waals surface area (Å²) in [6, 6.07) is 9.41. The van der Waals surface area contributed by atoms with Crippen molar-refractivity contribution in [3.8, 4) is 11.3 Å². The first-order valence-electron chi connectivity index (χ1n) is 7.76. The van der Waals surface area contributed by atoms with Crippen LogP contribution < -0.4 is 10.6 Å². The van der Waals surface area contributed by atoms with E-state index >= 15 is 0 Å². The van der Waals surface area contributed by atoms with Crippen LogP contribution in [0.4, 0.5) is 10.5 Å². The smallest absolute Gasteiger partial charge is 0.319 e. The highest BCUT2D eigenvalue weighted by Crippen LogP contribution is 2.26. The van der Waals surface area contributed by atoms with Crippen molar-refractivity contribution >= 4 is 11.7 Å². The maximum absolute atomic E-state index is 12.3. The molecule has 1 atom stereocenters. The van der Waals surface area contributed by atoms with E-state index in [0.717, 1.165) is 17.7 Å². The molecule has 3 N–H and O–H groups in total. The minimum absolute atomic E-state index is 0.0345. The summed E-state index contributed by atoms with van der Waals surface area (Å²) in [5.41, 5.74) is 1.88. The first kappa shape index (κ1) is 17.0. The van der Waals surface area contributed by atoms with Gasteiger partial charge in [0.15, 0.2) is 0 Å². The molecule has 2 aromatic rings. The molecule has 2 amide bonds. The van der Waals surface area contributed by atoms with E-state index in [0.29, 0.717) is 12.1 Å². The van der Waals surface area contributed by atoms with Gasteiger partial charge < -0.3 is 15.7 Å². The molecule has 124 valence electrons. The molecule has 0 aliphatic rings. The fourth-order valence-electron chi connectivity index (χ4n) is 2.39. The second-order valence-corrected chi connectivity index (χ2v) is 5.90. The lowest BCUT2D eigenvalue weighted by atomic mass is 9.95. The third-order valence-corrected chi connectivity index (χ3v) is 3.98. The van der Waals surface area contributed by atoms with Crippen LogP contribution in [0.1, 0.15) is 26.7 Å². The maximum Gasteiger partial charge on any atom is 0.319 e. The topological polar surface area (TPSA) is 79.2 Å². The largest absolute Gasteiger partial charge is 0.396 e. The van der Waals surface area contributed by atoms with E-state index in [4.69, 9.17) is 5.11 Å². The van der Waals surface area contributed by atoms with Crippen molar-refractivity contribution in [2.45, 2.75) is 32.2 Å². The van der Waals surface area contributed by atoms with E-state index < -0.39 is 5.54 Å². The molecule has 0 saturated carbocycles. The Morgan fingerprint density at radius 2 is 2.04 bits per heavy atom. The lowest BCUT2D eigenvalue weighted by Crippen LogP contribution is -2.48. The molecule has 0 bridgehead atoms. The highest BCUT2D eigenvalue weighted by Gasteiger charge is 2.24. The normalized spacial score (nSPS) is 13.4. The van der Waals surface area contributed by atoms with Gasteiger partial charge in [-0.15, -0.1) is 0 Å². The lowest BCUT2D eigenvalue weighted by Gasteiger charge is -2.28. The van der Waals surface area contributed by atoms with Crippen LogP contribution in [-0.4, -0.2) is 33.1 Å². The number of hydrogen-bond donors (Lipinski definition) is 3. The summed E-state index contributed by atoms with van der Waals surface area (Å²) in [6.07, 6.45) is 3.02. The summed E-state index contributed by atoms with van der Waals surface area (Å²) < 4.78 is 1.67. The van der Waals surface area contributed by atoms with Gasteiger partial charge in [0.05, 0.1) is 5.69 Å². The van der Waals surface area contributed by atoms with Crippen molar-refractivity contribution in [1.82, 2.24) is 15.1 Å². The van der Waals surface area contributed by atoms with Crippen molar-refractivity contribution in [3.05, 3.63) is 36.5 Å². The molecule has 1 unspecified atom stereocenters. The van der Waals surface area contributed by atoms with Crippen LogP contribution in [0.15, 0.2) is 36.5 Å². The predicted molar refractivity (Wildman–Crippen MR) is 91.2 cm³/mol. The molecular formula is C17H24N4O2. The molecule has 1 heterocycles. The number of urea groups is 1. The van der Waals surface area contributed by atoms with E-state index in [1.807, 2.05) is 51.2 Å². The van der Waals surface area contributed by atoms with Gasteiger partial charge in [-0.2, -0.15) is 5.10 Å². The van der Waals surface area contributed by atoms with Gasteiger partial charge in [-0.25, -0.2) is 4.79 Å². The zero-order valence-corrected chi connectivity index (χ0v) is 13.8. The molecule has 1 aromatic heterocycles. The standard InChI is InChI=1S/C17H24N4O2/c1-4-17(2,10-11-22)19-16(23)18-14-12-21(3)20-15(14)13-8-6-5-7-9-13/h5-9,12,22H,4,10-11H2,1-3H3,(H2,18,19,23). The molecule has 0 radical (unpaired) electrons. The van der Waals surface area contributed by atoms with Crippen LogP contribution in [0.5, 0.6) is 0 Å². The number of rotatable bonds is 6. The highest BCUT2D eigenvalue weighted by molar-refractivity contribution is 5.93. The molecule has 0 aliphatic carbocycles. The zero-order valence-electron chi connectivity index (χ0n) is 13.8. The molecule has 6 nitrogen and oxygen atoms in total. The number of benzene rings is 1. The van der Waals surface area contributed by atoms with Crippen LogP contribution in [0, 0.1) is 0 Å². The van der Waals surface area contributed by atoms with E-state index in [1.54, 1.807) is 10.9 Å². The first-order chi connectivity index (χ1) is 11.0. The summed E-state index contributed by atoms with van der Waals surface area (Å²) in [5, 5.41) is 19.4. The molecule has 0 spiro atoms. The van der Waals surface area contributed by atoms with Gasteiger partial charge in [-0.1, -0.05) is 37.3 Å². The zero-order chi connectivity index (χ0) is 16.9. The van der Waals surface area contributed by atoms with Crippen LogP contribution in [0.3, 0.4) is 0 Å². The van der Waals surface area contributed by atoms with Crippen LogP contribution in [0.2, 0.25) is 0 Å². The Labute approximate surface area is 136 Å². The van der Waals surface area contributed by atoms with Crippen LogP contribution in [0.25, 0.3) is 11.3 Å². The number of amides is 2. The number of hydrogen-bond acceptors (Lipinski definition) is 3. The van der Waals surface area contributed by atoms with Gasteiger partial charge in [-0.05, 0) is 19.8 Å². The molecule has 0 aliphatic heterocycles. The van der Waals surface area contributed by atoms with Crippen LogP contribution >= 0.6 is 0 Å². The average Bonchev–Trinajstić information content (AvgIpc) is 2.88. The molecule has 6 heteroatoms. The van der Waals surface area contributed by atoms with E-state index in [2.05, 4.69) is 15.7 Å². The maximum atomic E-state index is 12.3. The number of aromatic nitrogens is 2. The first-order valence-corrected chi connectivity index (χ1v) is 7.76. The summed E-state index contributed by atoms with van der Waals surface area (Å²) in [4.78, 5) is 12.3. The Bertz CT molecular complexity index is 654. The molecular weight excluding hydrogens is 292 g/mol. The molecule has 0 fully saturated rings. The summed E-state index contributed by atoms with van der Waals surface area (Å²) in [7, 11) is 1.82. The Morgan fingerprint density at radius 3 is 2.65 bits per heavy atom. The van der Waals surface area contributed by atoms with Crippen molar-refractivity contribution in [2.24, 2.45) is 7.05 Å². The average molecular weight is 316 g/mol.